The zero-order chi connectivity index (χ0) is 15.8. The van der Waals surface area contributed by atoms with Crippen LogP contribution in [0.1, 0.15) is 46.6 Å². The summed E-state index contributed by atoms with van der Waals surface area (Å²) in [6.45, 7) is 1.19. The highest BCUT2D eigenvalue weighted by atomic mass is 32.1. The van der Waals surface area contributed by atoms with Crippen molar-refractivity contribution in [3.63, 3.8) is 0 Å². The van der Waals surface area contributed by atoms with Crippen molar-refractivity contribution in [2.24, 2.45) is 0 Å². The molecule has 1 aliphatic heterocycles. The highest BCUT2D eigenvalue weighted by Gasteiger charge is 2.22. The maximum atomic E-state index is 12.7. The first kappa shape index (κ1) is 14.8. The van der Waals surface area contributed by atoms with E-state index in [1.54, 1.807) is 15.7 Å². The second-order valence-electron chi connectivity index (χ2n) is 6.12. The highest BCUT2D eigenvalue weighted by Crippen LogP contribution is 2.28. The first-order chi connectivity index (χ1) is 11.2. The zero-order valence-electron chi connectivity index (χ0n) is 12.8. The largest absolute Gasteiger partial charge is 0.376 e. The molecular formula is C16H19N3O3S. The van der Waals surface area contributed by atoms with Crippen LogP contribution in [-0.2, 0) is 17.6 Å². The van der Waals surface area contributed by atoms with Gasteiger partial charge in [0.2, 0.25) is 0 Å². The molecule has 23 heavy (non-hydrogen) atoms. The summed E-state index contributed by atoms with van der Waals surface area (Å²) in [7, 11) is 0. The van der Waals surface area contributed by atoms with Crippen molar-refractivity contribution < 1.29 is 9.53 Å². The Hall–Kier alpha value is -1.73. The monoisotopic (exact) mass is 333 g/mol. The molecule has 7 heteroatoms. The molecule has 3 heterocycles. The fourth-order valence-corrected chi connectivity index (χ4v) is 4.50. The number of thiazole rings is 1. The summed E-state index contributed by atoms with van der Waals surface area (Å²) in [5.41, 5.74) is 0.911. The van der Waals surface area contributed by atoms with Gasteiger partial charge in [0.25, 0.3) is 11.5 Å². The first-order valence-electron chi connectivity index (χ1n) is 8.16. The molecule has 2 aliphatic rings. The average Bonchev–Trinajstić information content (AvgIpc) is 3.20. The Labute approximate surface area is 137 Å². The maximum absolute atomic E-state index is 12.7. The minimum Gasteiger partial charge on any atom is -0.376 e. The summed E-state index contributed by atoms with van der Waals surface area (Å²) < 4.78 is 7.13. The van der Waals surface area contributed by atoms with Crippen molar-refractivity contribution in [1.82, 2.24) is 14.7 Å². The number of carbonyl (C=O) groups excluding carboxylic acids is 1. The lowest BCUT2D eigenvalue weighted by Gasteiger charge is -2.12. The standard InChI is InChI=1S/C16H19N3O3S/c20-14(17-8-10-4-3-7-22-10)11-9-18-16-19(15(11)21)12-5-1-2-6-13(12)23-16/h9-10H,1-8H2,(H,17,20)/t10-/m0/s1. The zero-order valence-corrected chi connectivity index (χ0v) is 13.7. The van der Waals surface area contributed by atoms with Gasteiger partial charge in [-0.1, -0.05) is 0 Å². The van der Waals surface area contributed by atoms with Crippen LogP contribution in [0.15, 0.2) is 11.0 Å². The maximum Gasteiger partial charge on any atom is 0.271 e. The van der Waals surface area contributed by atoms with Crippen molar-refractivity contribution in [3.05, 3.63) is 32.7 Å². The normalized spacial score (nSPS) is 20.6. The molecule has 2 aromatic heterocycles. The molecule has 0 bridgehead atoms. The molecule has 0 saturated carbocycles. The van der Waals surface area contributed by atoms with Crippen LogP contribution in [0.3, 0.4) is 0 Å². The lowest BCUT2D eigenvalue weighted by molar-refractivity contribution is 0.0856. The van der Waals surface area contributed by atoms with E-state index in [2.05, 4.69) is 10.3 Å². The van der Waals surface area contributed by atoms with Crippen molar-refractivity contribution in [2.45, 2.75) is 44.6 Å². The third-order valence-electron chi connectivity index (χ3n) is 4.56. The highest BCUT2D eigenvalue weighted by molar-refractivity contribution is 7.17. The smallest absolute Gasteiger partial charge is 0.271 e. The van der Waals surface area contributed by atoms with Gasteiger partial charge in [0, 0.05) is 29.9 Å². The number of rotatable bonds is 3. The fraction of sp³-hybridized carbons (Fsp3) is 0.562. The van der Waals surface area contributed by atoms with Crippen molar-refractivity contribution in [3.8, 4) is 0 Å². The van der Waals surface area contributed by atoms with E-state index in [0.29, 0.717) is 11.5 Å². The van der Waals surface area contributed by atoms with Crippen LogP contribution in [0, 0.1) is 0 Å². The number of aryl methyl sites for hydroxylation is 2. The van der Waals surface area contributed by atoms with Gasteiger partial charge in [-0.15, -0.1) is 11.3 Å². The number of nitrogens with zero attached hydrogens (tertiary/aromatic N) is 2. The Balaban J connectivity index is 1.63. The molecule has 1 amide bonds. The second kappa shape index (κ2) is 6.05. The molecule has 0 unspecified atom stereocenters. The number of hydrogen-bond acceptors (Lipinski definition) is 5. The minimum absolute atomic E-state index is 0.0623. The first-order valence-corrected chi connectivity index (χ1v) is 8.98. The van der Waals surface area contributed by atoms with Crippen molar-refractivity contribution in [1.29, 1.82) is 0 Å². The number of carbonyl (C=O) groups is 1. The molecule has 0 radical (unpaired) electrons. The molecule has 1 atom stereocenters. The van der Waals surface area contributed by atoms with Gasteiger partial charge in [-0.25, -0.2) is 4.98 Å². The quantitative estimate of drug-likeness (QED) is 0.925. The summed E-state index contributed by atoms with van der Waals surface area (Å²) in [5.74, 6) is -0.358. The fourth-order valence-electron chi connectivity index (χ4n) is 3.33. The molecule has 0 aromatic carbocycles. The van der Waals surface area contributed by atoms with Gasteiger partial charge >= 0.3 is 0 Å². The van der Waals surface area contributed by atoms with Gasteiger partial charge < -0.3 is 10.1 Å². The molecule has 1 fully saturated rings. The predicted octanol–water partition coefficient (Wildman–Crippen LogP) is 1.54. The molecule has 1 saturated heterocycles. The van der Waals surface area contributed by atoms with Gasteiger partial charge in [0.15, 0.2) is 4.96 Å². The molecule has 1 N–H and O–H groups in total. The third kappa shape index (κ3) is 2.68. The van der Waals surface area contributed by atoms with E-state index < -0.39 is 0 Å². The van der Waals surface area contributed by atoms with E-state index in [0.717, 1.165) is 50.8 Å². The number of amides is 1. The van der Waals surface area contributed by atoms with E-state index in [1.807, 2.05) is 0 Å². The van der Waals surface area contributed by atoms with Gasteiger partial charge in [-0.05, 0) is 38.5 Å². The van der Waals surface area contributed by atoms with E-state index in [4.69, 9.17) is 4.74 Å². The molecule has 0 spiro atoms. The molecule has 2 aromatic rings. The van der Waals surface area contributed by atoms with E-state index >= 15 is 0 Å². The van der Waals surface area contributed by atoms with Crippen LogP contribution < -0.4 is 10.9 Å². The average molecular weight is 333 g/mol. The van der Waals surface area contributed by atoms with Gasteiger partial charge in [-0.3, -0.25) is 14.0 Å². The lowest BCUT2D eigenvalue weighted by Crippen LogP contribution is -2.36. The topological polar surface area (TPSA) is 72.7 Å². The van der Waals surface area contributed by atoms with Crippen LogP contribution in [0.2, 0.25) is 0 Å². The summed E-state index contributed by atoms with van der Waals surface area (Å²) >= 11 is 1.57. The van der Waals surface area contributed by atoms with Crippen LogP contribution in [0.5, 0.6) is 0 Å². The molecule has 6 nitrogen and oxygen atoms in total. The molecule has 122 valence electrons. The number of fused-ring (bicyclic) bond motifs is 3. The Kier molecular flexibility index (Phi) is 3.90. The second-order valence-corrected chi connectivity index (χ2v) is 7.18. The summed E-state index contributed by atoms with van der Waals surface area (Å²) in [6.07, 6.45) is 7.58. The van der Waals surface area contributed by atoms with E-state index in [9.17, 15) is 9.59 Å². The number of aromatic nitrogens is 2. The Morgan fingerprint density at radius 1 is 1.39 bits per heavy atom. The molecule has 4 rings (SSSR count). The van der Waals surface area contributed by atoms with Crippen LogP contribution >= 0.6 is 11.3 Å². The third-order valence-corrected chi connectivity index (χ3v) is 5.72. The summed E-state index contributed by atoms with van der Waals surface area (Å²) in [6, 6.07) is 0. The van der Waals surface area contributed by atoms with Crippen LogP contribution in [-0.4, -0.2) is 34.5 Å². The van der Waals surface area contributed by atoms with Gasteiger partial charge in [0.05, 0.1) is 6.10 Å². The predicted molar refractivity (Wildman–Crippen MR) is 87.3 cm³/mol. The van der Waals surface area contributed by atoms with Gasteiger partial charge in [-0.2, -0.15) is 0 Å². The van der Waals surface area contributed by atoms with E-state index in [1.165, 1.54) is 11.1 Å². The van der Waals surface area contributed by atoms with Crippen molar-refractivity contribution >= 4 is 22.2 Å². The lowest BCUT2D eigenvalue weighted by atomic mass is 10.0. The minimum atomic E-state index is -0.358. The Bertz CT molecular complexity index is 805. The van der Waals surface area contributed by atoms with Crippen molar-refractivity contribution in [2.75, 3.05) is 13.2 Å². The summed E-state index contributed by atoms with van der Waals surface area (Å²) in [4.78, 5) is 31.3. The van der Waals surface area contributed by atoms with Crippen LogP contribution in [0.25, 0.3) is 4.96 Å². The number of hydrogen-bond donors (Lipinski definition) is 1. The molecular weight excluding hydrogens is 314 g/mol. The van der Waals surface area contributed by atoms with E-state index in [-0.39, 0.29) is 23.1 Å². The molecule has 1 aliphatic carbocycles. The van der Waals surface area contributed by atoms with Gasteiger partial charge in [0.1, 0.15) is 5.56 Å². The Morgan fingerprint density at radius 3 is 3.09 bits per heavy atom. The number of ether oxygens (including phenoxy) is 1. The SMILES string of the molecule is O=C(NC[C@@H]1CCCO1)c1cnc2sc3c(n2c1=O)CCCC3. The van der Waals surface area contributed by atoms with Crippen LogP contribution in [0.4, 0.5) is 0 Å². The summed E-state index contributed by atoms with van der Waals surface area (Å²) in [5, 5.41) is 2.80. The Morgan fingerprint density at radius 2 is 2.26 bits per heavy atom. The number of nitrogens with one attached hydrogen (secondary N) is 1.